The van der Waals surface area contributed by atoms with E-state index in [9.17, 15) is 4.79 Å². The fourth-order valence-electron chi connectivity index (χ4n) is 1.42. The van der Waals surface area contributed by atoms with Gasteiger partial charge in [0.05, 0.1) is 9.35 Å². The number of nitrogens with one attached hydrogen (secondary N) is 1. The normalized spacial score (nSPS) is 12.9. The van der Waals surface area contributed by atoms with Crippen LogP contribution < -0.4 is 5.32 Å². The maximum Gasteiger partial charge on any atom is 0.252 e. The predicted octanol–water partition coefficient (Wildman–Crippen LogP) is 3.68. The number of amides is 1. The van der Waals surface area contributed by atoms with E-state index in [1.54, 1.807) is 0 Å². The molecule has 1 amide bonds. The highest BCUT2D eigenvalue weighted by Crippen LogP contribution is 2.20. The molecule has 0 aliphatic heterocycles. The van der Waals surface area contributed by atoms with Crippen molar-refractivity contribution in [3.8, 4) is 0 Å². The van der Waals surface area contributed by atoms with Gasteiger partial charge in [0, 0.05) is 11.4 Å². The summed E-state index contributed by atoms with van der Waals surface area (Å²) in [5, 5.41) is 4.91. The molecule has 84 valence electrons. The van der Waals surface area contributed by atoms with E-state index in [4.69, 9.17) is 0 Å². The minimum absolute atomic E-state index is 0.0255. The number of hydrogen-bond acceptors (Lipinski definition) is 2. The Morgan fingerprint density at radius 3 is 2.67 bits per heavy atom. The molecule has 1 atom stereocenters. The van der Waals surface area contributed by atoms with Gasteiger partial charge in [-0.1, -0.05) is 20.8 Å². The van der Waals surface area contributed by atoms with Gasteiger partial charge in [0.2, 0.25) is 0 Å². The standard InChI is InChI=1S/C11H16BrNOS/c1-4-9(7(2)3)13-11(14)8-5-10(12)15-6-8/h5-7,9H,4H2,1-3H3,(H,13,14). The molecule has 0 aromatic carbocycles. The maximum atomic E-state index is 11.8. The molecule has 0 bridgehead atoms. The zero-order chi connectivity index (χ0) is 11.4. The molecule has 0 saturated carbocycles. The molecule has 2 nitrogen and oxygen atoms in total. The average molecular weight is 290 g/mol. The van der Waals surface area contributed by atoms with Crippen molar-refractivity contribution < 1.29 is 4.79 Å². The lowest BCUT2D eigenvalue weighted by molar-refractivity contribution is 0.0925. The minimum Gasteiger partial charge on any atom is -0.349 e. The van der Waals surface area contributed by atoms with Crippen LogP contribution >= 0.6 is 27.3 Å². The number of carbonyl (C=O) groups excluding carboxylic acids is 1. The van der Waals surface area contributed by atoms with Crippen LogP contribution in [0.3, 0.4) is 0 Å². The molecule has 1 heterocycles. The second-order valence-corrected chi connectivity index (χ2v) is 6.16. The molecular weight excluding hydrogens is 274 g/mol. The van der Waals surface area contributed by atoms with Crippen LogP contribution in [-0.4, -0.2) is 11.9 Å². The highest BCUT2D eigenvalue weighted by Gasteiger charge is 2.15. The summed E-state index contributed by atoms with van der Waals surface area (Å²) in [5.74, 6) is 0.499. The molecule has 4 heteroatoms. The van der Waals surface area contributed by atoms with Crippen molar-refractivity contribution in [1.82, 2.24) is 5.32 Å². The minimum atomic E-state index is 0.0255. The largest absolute Gasteiger partial charge is 0.349 e. The van der Waals surface area contributed by atoms with Crippen molar-refractivity contribution >= 4 is 33.2 Å². The monoisotopic (exact) mass is 289 g/mol. The van der Waals surface area contributed by atoms with Crippen molar-refractivity contribution in [1.29, 1.82) is 0 Å². The quantitative estimate of drug-likeness (QED) is 0.900. The summed E-state index contributed by atoms with van der Waals surface area (Å²) in [7, 11) is 0. The summed E-state index contributed by atoms with van der Waals surface area (Å²) in [4.78, 5) is 11.8. The van der Waals surface area contributed by atoms with Gasteiger partial charge in [-0.15, -0.1) is 11.3 Å². The van der Waals surface area contributed by atoms with Crippen LogP contribution in [0.5, 0.6) is 0 Å². The van der Waals surface area contributed by atoms with Gasteiger partial charge in [0.25, 0.3) is 5.91 Å². The molecule has 1 aromatic rings. The third kappa shape index (κ3) is 3.61. The van der Waals surface area contributed by atoms with Gasteiger partial charge in [0.1, 0.15) is 0 Å². The summed E-state index contributed by atoms with van der Waals surface area (Å²) < 4.78 is 0.991. The van der Waals surface area contributed by atoms with Crippen LogP contribution in [-0.2, 0) is 0 Å². The summed E-state index contributed by atoms with van der Waals surface area (Å²) in [6.45, 7) is 6.34. The van der Waals surface area contributed by atoms with Crippen molar-refractivity contribution in [2.45, 2.75) is 33.2 Å². The number of hydrogen-bond donors (Lipinski definition) is 1. The van der Waals surface area contributed by atoms with E-state index >= 15 is 0 Å². The second-order valence-electron chi connectivity index (χ2n) is 3.87. The molecular formula is C11H16BrNOS. The predicted molar refractivity (Wildman–Crippen MR) is 68.4 cm³/mol. The Kier molecular flexibility index (Phi) is 4.80. The first-order chi connectivity index (χ1) is 7.04. The van der Waals surface area contributed by atoms with E-state index < -0.39 is 0 Å². The molecule has 1 rings (SSSR count). The lowest BCUT2D eigenvalue weighted by Gasteiger charge is -2.20. The van der Waals surface area contributed by atoms with E-state index in [0.717, 1.165) is 15.8 Å². The van der Waals surface area contributed by atoms with Gasteiger partial charge < -0.3 is 5.32 Å². The van der Waals surface area contributed by atoms with Gasteiger partial charge >= 0.3 is 0 Å². The molecule has 0 radical (unpaired) electrons. The Balaban J connectivity index is 2.62. The van der Waals surface area contributed by atoms with Gasteiger partial charge in [-0.2, -0.15) is 0 Å². The highest BCUT2D eigenvalue weighted by atomic mass is 79.9. The van der Waals surface area contributed by atoms with Crippen molar-refractivity contribution in [2.24, 2.45) is 5.92 Å². The number of halogens is 1. The van der Waals surface area contributed by atoms with E-state index in [0.29, 0.717) is 5.92 Å². The fraction of sp³-hybridized carbons (Fsp3) is 0.545. The van der Waals surface area contributed by atoms with E-state index in [1.807, 2.05) is 11.4 Å². The Hall–Kier alpha value is -0.350. The van der Waals surface area contributed by atoms with E-state index in [1.165, 1.54) is 11.3 Å². The molecule has 1 N–H and O–H groups in total. The van der Waals surface area contributed by atoms with Gasteiger partial charge in [-0.05, 0) is 34.3 Å². The zero-order valence-electron chi connectivity index (χ0n) is 9.21. The van der Waals surface area contributed by atoms with Gasteiger partial charge in [-0.25, -0.2) is 0 Å². The second kappa shape index (κ2) is 5.66. The van der Waals surface area contributed by atoms with Crippen molar-refractivity contribution in [2.75, 3.05) is 0 Å². The van der Waals surface area contributed by atoms with Crippen LogP contribution in [0, 0.1) is 5.92 Å². The molecule has 1 aromatic heterocycles. The summed E-state index contributed by atoms with van der Waals surface area (Å²) in [5.41, 5.74) is 0.742. The van der Waals surface area contributed by atoms with Crippen molar-refractivity contribution in [3.05, 3.63) is 20.8 Å². The summed E-state index contributed by atoms with van der Waals surface area (Å²) in [6, 6.07) is 2.11. The maximum absolute atomic E-state index is 11.8. The molecule has 1 unspecified atom stereocenters. The molecule has 0 spiro atoms. The summed E-state index contributed by atoms with van der Waals surface area (Å²) >= 11 is 4.88. The van der Waals surface area contributed by atoms with Crippen LogP contribution in [0.15, 0.2) is 15.2 Å². The number of thiophene rings is 1. The van der Waals surface area contributed by atoms with Crippen LogP contribution in [0.25, 0.3) is 0 Å². The van der Waals surface area contributed by atoms with Crippen LogP contribution in [0.4, 0.5) is 0 Å². The molecule has 15 heavy (non-hydrogen) atoms. The van der Waals surface area contributed by atoms with Crippen molar-refractivity contribution in [3.63, 3.8) is 0 Å². The lowest BCUT2D eigenvalue weighted by atomic mass is 10.0. The third-order valence-corrected chi connectivity index (χ3v) is 3.90. The topological polar surface area (TPSA) is 29.1 Å². The lowest BCUT2D eigenvalue weighted by Crippen LogP contribution is -2.37. The zero-order valence-corrected chi connectivity index (χ0v) is 11.6. The summed E-state index contributed by atoms with van der Waals surface area (Å²) in [6.07, 6.45) is 0.967. The smallest absolute Gasteiger partial charge is 0.252 e. The number of carbonyl (C=O) groups is 1. The van der Waals surface area contributed by atoms with Crippen LogP contribution in [0.1, 0.15) is 37.6 Å². The van der Waals surface area contributed by atoms with Crippen LogP contribution in [0.2, 0.25) is 0 Å². The molecule has 0 aliphatic carbocycles. The third-order valence-electron chi connectivity index (χ3n) is 2.39. The SMILES string of the molecule is CCC(NC(=O)c1csc(Br)c1)C(C)C. The first-order valence-corrected chi connectivity index (χ1v) is 6.76. The Labute approximate surface area is 103 Å². The molecule has 0 fully saturated rings. The highest BCUT2D eigenvalue weighted by molar-refractivity contribution is 9.11. The molecule has 0 aliphatic rings. The van der Waals surface area contributed by atoms with Gasteiger partial charge in [-0.3, -0.25) is 4.79 Å². The number of rotatable bonds is 4. The molecule has 0 saturated heterocycles. The Morgan fingerprint density at radius 1 is 1.60 bits per heavy atom. The Bertz CT molecular complexity index is 335. The first-order valence-electron chi connectivity index (χ1n) is 5.09. The van der Waals surface area contributed by atoms with E-state index in [-0.39, 0.29) is 11.9 Å². The Morgan fingerprint density at radius 2 is 2.27 bits per heavy atom. The average Bonchev–Trinajstić information content (AvgIpc) is 2.60. The first kappa shape index (κ1) is 12.7. The van der Waals surface area contributed by atoms with E-state index in [2.05, 4.69) is 42.0 Å². The van der Waals surface area contributed by atoms with Gasteiger partial charge in [0.15, 0.2) is 0 Å². The fourth-order valence-corrected chi connectivity index (χ4v) is 2.56.